The van der Waals surface area contributed by atoms with Crippen molar-refractivity contribution in [2.75, 3.05) is 46.1 Å². The molecule has 0 bridgehead atoms. The number of amides is 1. The van der Waals surface area contributed by atoms with Gasteiger partial charge in [0.15, 0.2) is 5.78 Å². The number of nitrogens with zero attached hydrogens (tertiary/aromatic N) is 4. The van der Waals surface area contributed by atoms with Crippen molar-refractivity contribution in [3.63, 3.8) is 0 Å². The summed E-state index contributed by atoms with van der Waals surface area (Å²) in [5, 5.41) is 15.6. The normalized spacial score (nSPS) is 15.8. The Balaban J connectivity index is 1.30. The fraction of sp³-hybridized carbons (Fsp3) is 0.517. The number of benzene rings is 1. The van der Waals surface area contributed by atoms with Gasteiger partial charge in [-0.15, -0.1) is 0 Å². The fourth-order valence-electron chi connectivity index (χ4n) is 5.01. The van der Waals surface area contributed by atoms with Gasteiger partial charge >= 0.3 is 0 Å². The summed E-state index contributed by atoms with van der Waals surface area (Å²) >= 11 is 0. The van der Waals surface area contributed by atoms with E-state index in [1.54, 1.807) is 17.0 Å². The number of aromatic nitrogens is 3. The Labute approximate surface area is 233 Å². The molecule has 11 heteroatoms. The van der Waals surface area contributed by atoms with Crippen LogP contribution in [-0.4, -0.2) is 87.5 Å². The molecular formula is C29H39N5O6. The third-order valence-corrected chi connectivity index (χ3v) is 7.36. The summed E-state index contributed by atoms with van der Waals surface area (Å²) in [6.07, 6.45) is 2.62. The molecule has 0 spiro atoms. The van der Waals surface area contributed by atoms with E-state index < -0.39 is 5.60 Å². The van der Waals surface area contributed by atoms with Crippen LogP contribution in [0.3, 0.4) is 0 Å². The minimum Gasteiger partial charge on any atom is -0.388 e. The van der Waals surface area contributed by atoms with Crippen molar-refractivity contribution < 1.29 is 24.2 Å². The van der Waals surface area contributed by atoms with Crippen molar-refractivity contribution in [2.24, 2.45) is 5.73 Å². The summed E-state index contributed by atoms with van der Waals surface area (Å²) < 4.78 is 13.4. The van der Waals surface area contributed by atoms with Crippen LogP contribution in [-0.2, 0) is 32.0 Å². The number of fused-ring (bicyclic) bond motifs is 1. The molecule has 11 nitrogen and oxygen atoms in total. The summed E-state index contributed by atoms with van der Waals surface area (Å²) in [6.45, 7) is 4.47. The molecule has 0 unspecified atom stereocenters. The summed E-state index contributed by atoms with van der Waals surface area (Å²) in [4.78, 5) is 40.2. The molecule has 1 aliphatic rings. The second-order valence-corrected chi connectivity index (χ2v) is 10.5. The maximum absolute atomic E-state index is 13.2. The number of likely N-dealkylation sites (tertiary alicyclic amines) is 1. The van der Waals surface area contributed by atoms with Crippen LogP contribution in [0.15, 0.2) is 53.6 Å². The first kappa shape index (κ1) is 29.6. The Morgan fingerprint density at radius 1 is 1.07 bits per heavy atom. The van der Waals surface area contributed by atoms with E-state index in [0.717, 1.165) is 5.56 Å². The average Bonchev–Trinajstić information content (AvgIpc) is 3.36. The average molecular weight is 554 g/mol. The standard InChI is InChI=1S/C29H39N5O6/c1-22(23-5-3-2-4-6-23)17-27(36)32-12-9-29(38,10-13-32)20-33-21-31-34-24(7-8-26(34)28(33)37)18-25(35)19-40-16-15-39-14-11-30/h2-8,21-22,38H,9-20,30H2,1H3/t22-/m1/s1. The number of carbonyl (C=O) groups excluding carboxylic acids is 2. The van der Waals surface area contributed by atoms with Crippen molar-refractivity contribution in [1.82, 2.24) is 19.1 Å². The smallest absolute Gasteiger partial charge is 0.277 e. The zero-order valence-electron chi connectivity index (χ0n) is 23.0. The quantitative estimate of drug-likeness (QED) is 0.283. The predicted molar refractivity (Wildman–Crippen MR) is 149 cm³/mol. The van der Waals surface area contributed by atoms with Gasteiger partial charge in [0.05, 0.1) is 44.1 Å². The Kier molecular flexibility index (Phi) is 10.2. The first-order chi connectivity index (χ1) is 19.3. The molecule has 1 aromatic carbocycles. The molecular weight excluding hydrogens is 514 g/mol. The van der Waals surface area contributed by atoms with E-state index in [1.807, 2.05) is 37.3 Å². The summed E-state index contributed by atoms with van der Waals surface area (Å²) in [7, 11) is 0. The highest BCUT2D eigenvalue weighted by Gasteiger charge is 2.35. The van der Waals surface area contributed by atoms with Crippen LogP contribution >= 0.6 is 0 Å². The second-order valence-electron chi connectivity index (χ2n) is 10.5. The SMILES string of the molecule is C[C@H](CC(=O)N1CCC(O)(Cn2cnn3c(CC(=O)COCCOCCN)ccc3c2=O)CC1)c1ccccc1. The molecule has 0 aliphatic carbocycles. The third-order valence-electron chi connectivity index (χ3n) is 7.36. The van der Waals surface area contributed by atoms with Gasteiger partial charge in [-0.1, -0.05) is 37.3 Å². The number of hydrogen-bond acceptors (Lipinski definition) is 8. The minimum atomic E-state index is -1.12. The number of aliphatic hydroxyl groups is 1. The van der Waals surface area contributed by atoms with Crippen molar-refractivity contribution >= 4 is 17.2 Å². The van der Waals surface area contributed by atoms with Crippen molar-refractivity contribution in [1.29, 1.82) is 0 Å². The molecule has 2 aromatic heterocycles. The van der Waals surface area contributed by atoms with Crippen LogP contribution in [0.4, 0.5) is 0 Å². The summed E-state index contributed by atoms with van der Waals surface area (Å²) in [5.41, 5.74) is 5.97. The van der Waals surface area contributed by atoms with Gasteiger partial charge < -0.3 is 25.2 Å². The molecule has 3 aromatic rings. The van der Waals surface area contributed by atoms with Gasteiger partial charge in [-0.3, -0.25) is 19.0 Å². The maximum Gasteiger partial charge on any atom is 0.277 e. The Bertz CT molecular complexity index is 1330. The Morgan fingerprint density at radius 3 is 2.52 bits per heavy atom. The van der Waals surface area contributed by atoms with Crippen LogP contribution < -0.4 is 11.3 Å². The molecule has 3 N–H and O–H groups in total. The largest absolute Gasteiger partial charge is 0.388 e. The van der Waals surface area contributed by atoms with Crippen molar-refractivity contribution in [2.45, 2.75) is 50.7 Å². The van der Waals surface area contributed by atoms with Crippen LogP contribution in [0.5, 0.6) is 0 Å². The maximum atomic E-state index is 13.2. The van der Waals surface area contributed by atoms with Crippen molar-refractivity contribution in [3.05, 3.63) is 70.4 Å². The molecule has 0 saturated carbocycles. The number of piperidine rings is 1. The van der Waals surface area contributed by atoms with E-state index in [4.69, 9.17) is 15.2 Å². The lowest BCUT2D eigenvalue weighted by atomic mass is 9.90. The van der Waals surface area contributed by atoms with E-state index in [0.29, 0.717) is 69.9 Å². The topological polar surface area (TPSA) is 141 Å². The zero-order chi connectivity index (χ0) is 28.5. The Morgan fingerprint density at radius 2 is 1.80 bits per heavy atom. The van der Waals surface area contributed by atoms with Gasteiger partial charge in [0.2, 0.25) is 5.91 Å². The molecule has 1 aliphatic heterocycles. The van der Waals surface area contributed by atoms with E-state index >= 15 is 0 Å². The number of Topliss-reactive ketones (excluding diaryl/α,β-unsaturated/α-hetero) is 1. The van der Waals surface area contributed by atoms with E-state index in [9.17, 15) is 19.5 Å². The lowest BCUT2D eigenvalue weighted by Crippen LogP contribution is -2.49. The number of hydrogen-bond donors (Lipinski definition) is 2. The van der Waals surface area contributed by atoms with Crippen LogP contribution in [0.25, 0.3) is 5.52 Å². The number of nitrogens with two attached hydrogens (primary N) is 1. The molecule has 3 heterocycles. The van der Waals surface area contributed by atoms with Crippen LogP contribution in [0.1, 0.15) is 43.4 Å². The monoisotopic (exact) mass is 553 g/mol. The zero-order valence-corrected chi connectivity index (χ0v) is 23.0. The highest BCUT2D eigenvalue weighted by Crippen LogP contribution is 2.26. The molecule has 0 radical (unpaired) electrons. The first-order valence-electron chi connectivity index (χ1n) is 13.8. The van der Waals surface area contributed by atoms with Crippen LogP contribution in [0.2, 0.25) is 0 Å². The molecule has 1 saturated heterocycles. The number of ketones is 1. The highest BCUT2D eigenvalue weighted by atomic mass is 16.5. The summed E-state index contributed by atoms with van der Waals surface area (Å²) in [6, 6.07) is 13.3. The number of carbonyl (C=O) groups is 2. The van der Waals surface area contributed by atoms with E-state index in [1.165, 1.54) is 15.4 Å². The van der Waals surface area contributed by atoms with E-state index in [-0.39, 0.29) is 42.7 Å². The van der Waals surface area contributed by atoms with Gasteiger partial charge in [-0.2, -0.15) is 5.10 Å². The molecule has 216 valence electrons. The highest BCUT2D eigenvalue weighted by molar-refractivity contribution is 5.82. The van der Waals surface area contributed by atoms with Gasteiger partial charge in [0.25, 0.3) is 5.56 Å². The lowest BCUT2D eigenvalue weighted by Gasteiger charge is -2.38. The third kappa shape index (κ3) is 7.63. The number of rotatable bonds is 14. The van der Waals surface area contributed by atoms with Crippen molar-refractivity contribution in [3.8, 4) is 0 Å². The van der Waals surface area contributed by atoms with Gasteiger partial charge in [-0.25, -0.2) is 4.52 Å². The Hall–Kier alpha value is -3.38. The summed E-state index contributed by atoms with van der Waals surface area (Å²) in [5.74, 6) is 0.0412. The first-order valence-corrected chi connectivity index (χ1v) is 13.8. The molecule has 4 rings (SSSR count). The fourth-order valence-corrected chi connectivity index (χ4v) is 5.01. The lowest BCUT2D eigenvalue weighted by molar-refractivity contribution is -0.136. The van der Waals surface area contributed by atoms with Gasteiger partial charge in [-0.05, 0) is 36.5 Å². The second kappa shape index (κ2) is 13.8. The molecule has 40 heavy (non-hydrogen) atoms. The van der Waals surface area contributed by atoms with Crippen LogP contribution in [0, 0.1) is 0 Å². The molecule has 1 atom stereocenters. The molecule has 1 fully saturated rings. The predicted octanol–water partition coefficient (Wildman–Crippen LogP) is 1.15. The minimum absolute atomic E-state index is 0.0615. The van der Waals surface area contributed by atoms with E-state index in [2.05, 4.69) is 5.10 Å². The number of ether oxygens (including phenoxy) is 2. The molecule has 1 amide bonds. The van der Waals surface area contributed by atoms with Gasteiger partial charge in [0.1, 0.15) is 18.5 Å². The van der Waals surface area contributed by atoms with Gasteiger partial charge in [0, 0.05) is 26.1 Å².